The second-order valence-electron chi connectivity index (χ2n) is 8.53. The lowest BCUT2D eigenvalue weighted by Crippen LogP contribution is -2.13. The maximum atomic E-state index is 12.7. The summed E-state index contributed by atoms with van der Waals surface area (Å²) in [6.45, 7) is 0. The highest BCUT2D eigenvalue weighted by molar-refractivity contribution is 8.02. The van der Waals surface area contributed by atoms with Crippen molar-refractivity contribution < 1.29 is 4.79 Å². The first-order valence-corrected chi connectivity index (χ1v) is 15.4. The van der Waals surface area contributed by atoms with Gasteiger partial charge in [-0.25, -0.2) is 9.97 Å². The van der Waals surface area contributed by atoms with E-state index in [1.54, 1.807) is 34.4 Å². The highest BCUT2D eigenvalue weighted by Gasteiger charge is 2.18. The monoisotopic (exact) mass is 570 g/mol. The van der Waals surface area contributed by atoms with E-state index in [1.807, 2.05) is 48.5 Å². The number of thioether (sulfide) groups is 2. The molecular weight excluding hydrogens is 549 g/mol. The maximum Gasteiger partial charge on any atom is 0.234 e. The molecule has 0 saturated heterocycles. The molecule has 0 saturated carbocycles. The molecule has 38 heavy (non-hydrogen) atoms. The van der Waals surface area contributed by atoms with E-state index in [9.17, 15) is 4.79 Å². The van der Waals surface area contributed by atoms with Crippen molar-refractivity contribution >= 4 is 83.9 Å². The summed E-state index contributed by atoms with van der Waals surface area (Å²) < 4.78 is 3.92. The zero-order valence-corrected chi connectivity index (χ0v) is 23.3. The van der Waals surface area contributed by atoms with Crippen LogP contribution in [0, 0.1) is 0 Å². The Hall–Kier alpha value is -3.37. The Morgan fingerprint density at radius 2 is 1.39 bits per heavy atom. The van der Waals surface area contributed by atoms with Crippen molar-refractivity contribution in [1.29, 1.82) is 0 Å². The molecule has 0 spiro atoms. The van der Waals surface area contributed by atoms with Crippen molar-refractivity contribution in [2.45, 2.75) is 13.9 Å². The number of hydrogen-bond acceptors (Lipinski definition) is 8. The molecule has 2 heterocycles. The van der Waals surface area contributed by atoms with E-state index in [4.69, 9.17) is 10.7 Å². The summed E-state index contributed by atoms with van der Waals surface area (Å²) in [5, 5.41) is 3.16. The van der Waals surface area contributed by atoms with Crippen LogP contribution in [0.5, 0.6) is 0 Å². The number of amides is 1. The fourth-order valence-electron chi connectivity index (χ4n) is 4.02. The van der Waals surface area contributed by atoms with Crippen LogP contribution in [0.1, 0.15) is 16.4 Å². The minimum atomic E-state index is -0.0690. The lowest BCUT2D eigenvalue weighted by atomic mass is 10.0. The average molecular weight is 571 g/mol. The van der Waals surface area contributed by atoms with Crippen LogP contribution >= 0.6 is 46.2 Å². The lowest BCUT2D eigenvalue weighted by Gasteiger charge is -2.16. The van der Waals surface area contributed by atoms with Gasteiger partial charge in [0.1, 0.15) is 0 Å². The maximum absolute atomic E-state index is 12.7. The predicted octanol–water partition coefficient (Wildman–Crippen LogP) is 8.10. The van der Waals surface area contributed by atoms with E-state index < -0.39 is 0 Å². The molecule has 188 valence electrons. The zero-order chi connectivity index (χ0) is 25.9. The predicted molar refractivity (Wildman–Crippen MR) is 164 cm³/mol. The minimum absolute atomic E-state index is 0.0690. The summed E-state index contributed by atoms with van der Waals surface area (Å²) in [5.74, 6) is 0.216. The molecule has 0 atom stereocenters. The Kier molecular flexibility index (Phi) is 7.33. The number of nitrogens with one attached hydrogen (secondary N) is 1. The molecule has 1 amide bonds. The third-order valence-electron chi connectivity index (χ3n) is 5.80. The third-order valence-corrected chi connectivity index (χ3v) is 10.4. The van der Waals surface area contributed by atoms with Crippen LogP contribution in [0.25, 0.3) is 20.4 Å². The number of nitrogen functional groups attached to an aromatic ring is 1. The molecule has 0 radical (unpaired) electrons. The molecular formula is C29H22N4OS4. The highest BCUT2D eigenvalue weighted by Crippen LogP contribution is 2.43. The normalized spacial score (nSPS) is 11.4. The van der Waals surface area contributed by atoms with Gasteiger partial charge in [-0.1, -0.05) is 84.2 Å². The number of hydrogen-bond donors (Lipinski definition) is 2. The molecule has 6 rings (SSSR count). The number of nitrogens with two attached hydrogens (primary N) is 1. The van der Waals surface area contributed by atoms with Crippen LogP contribution in [0.2, 0.25) is 0 Å². The van der Waals surface area contributed by atoms with Crippen LogP contribution in [-0.4, -0.2) is 21.6 Å². The molecule has 0 fully saturated rings. The van der Waals surface area contributed by atoms with E-state index in [0.717, 1.165) is 34.8 Å². The van der Waals surface area contributed by atoms with Crippen LogP contribution in [0.3, 0.4) is 0 Å². The van der Waals surface area contributed by atoms with Gasteiger partial charge < -0.3 is 11.1 Å². The van der Waals surface area contributed by atoms with E-state index in [-0.39, 0.29) is 16.9 Å². The number of carbonyl (C=O) groups is 1. The first-order valence-electron chi connectivity index (χ1n) is 11.9. The summed E-state index contributed by atoms with van der Waals surface area (Å²) in [6.07, 6.45) is 0. The van der Waals surface area contributed by atoms with Crippen molar-refractivity contribution in [3.05, 3.63) is 108 Å². The average Bonchev–Trinajstić information content (AvgIpc) is 3.54. The van der Waals surface area contributed by atoms with Crippen molar-refractivity contribution in [1.82, 2.24) is 9.97 Å². The number of fused-ring (bicyclic) bond motifs is 2. The third kappa shape index (κ3) is 5.71. The molecule has 3 N–H and O–H groups in total. The van der Waals surface area contributed by atoms with Crippen LogP contribution in [-0.2, 0) is 4.79 Å². The number of thiazole rings is 2. The fourth-order valence-corrected chi connectivity index (χ4v) is 8.37. The molecule has 0 unspecified atom stereocenters. The second-order valence-corrected chi connectivity index (χ2v) is 13.2. The first-order chi connectivity index (χ1) is 18.6. The fraction of sp³-hybridized carbons (Fsp3) is 0.0690. The van der Waals surface area contributed by atoms with Crippen LogP contribution in [0.4, 0.5) is 11.4 Å². The van der Waals surface area contributed by atoms with Crippen molar-refractivity contribution in [3.63, 3.8) is 0 Å². The van der Waals surface area contributed by atoms with Crippen molar-refractivity contribution in [3.8, 4) is 0 Å². The quantitative estimate of drug-likeness (QED) is 0.142. The van der Waals surface area contributed by atoms with E-state index in [2.05, 4.69) is 58.8 Å². The summed E-state index contributed by atoms with van der Waals surface area (Å²) in [6, 6.07) is 32.5. The Balaban J connectivity index is 1.15. The van der Waals surface area contributed by atoms with Crippen molar-refractivity contribution in [2.24, 2.45) is 0 Å². The number of anilines is 2. The molecule has 5 nitrogen and oxygen atoms in total. The number of aromatic nitrogens is 2. The Labute approximate surface area is 236 Å². The first kappa shape index (κ1) is 24.9. The summed E-state index contributed by atoms with van der Waals surface area (Å²) in [4.78, 5) is 22.1. The van der Waals surface area contributed by atoms with Gasteiger partial charge in [0.2, 0.25) is 5.91 Å². The molecule has 0 bridgehead atoms. The number of benzene rings is 4. The van der Waals surface area contributed by atoms with Gasteiger partial charge in [-0.2, -0.15) is 0 Å². The Bertz CT molecular complexity index is 1680. The topological polar surface area (TPSA) is 80.9 Å². The molecule has 9 heteroatoms. The molecule has 0 aliphatic rings. The lowest BCUT2D eigenvalue weighted by molar-refractivity contribution is -0.113. The minimum Gasteiger partial charge on any atom is -0.399 e. The summed E-state index contributed by atoms with van der Waals surface area (Å²) in [7, 11) is 0. The van der Waals surface area contributed by atoms with Gasteiger partial charge in [0.15, 0.2) is 8.68 Å². The van der Waals surface area contributed by atoms with Gasteiger partial charge in [-0.3, -0.25) is 4.79 Å². The van der Waals surface area contributed by atoms with Gasteiger partial charge in [0, 0.05) is 11.4 Å². The van der Waals surface area contributed by atoms with E-state index in [1.165, 1.54) is 22.9 Å². The Morgan fingerprint density at radius 3 is 2.11 bits per heavy atom. The smallest absolute Gasteiger partial charge is 0.234 e. The summed E-state index contributed by atoms with van der Waals surface area (Å²) in [5.41, 5.74) is 11.7. The zero-order valence-electron chi connectivity index (χ0n) is 20.0. The number of nitrogens with zero attached hydrogens (tertiary/aromatic N) is 2. The largest absolute Gasteiger partial charge is 0.399 e. The van der Waals surface area contributed by atoms with Gasteiger partial charge >= 0.3 is 0 Å². The van der Waals surface area contributed by atoms with Gasteiger partial charge in [-0.15, -0.1) is 22.7 Å². The number of carbonyl (C=O) groups excluding carboxylic acids is 1. The van der Waals surface area contributed by atoms with Crippen LogP contribution in [0.15, 0.2) is 106 Å². The Morgan fingerprint density at radius 1 is 0.789 bits per heavy atom. The molecule has 2 aromatic heterocycles. The molecule has 4 aromatic carbocycles. The van der Waals surface area contributed by atoms with Gasteiger partial charge in [0.05, 0.1) is 31.4 Å². The van der Waals surface area contributed by atoms with Crippen molar-refractivity contribution in [2.75, 3.05) is 16.8 Å². The van der Waals surface area contributed by atoms with Gasteiger partial charge in [0.25, 0.3) is 0 Å². The van der Waals surface area contributed by atoms with E-state index in [0.29, 0.717) is 5.69 Å². The molecule has 0 aliphatic heterocycles. The number of rotatable bonds is 8. The highest BCUT2D eigenvalue weighted by atomic mass is 32.2. The molecule has 0 aliphatic carbocycles. The second kappa shape index (κ2) is 11.2. The molecule has 6 aromatic rings. The summed E-state index contributed by atoms with van der Waals surface area (Å²) >= 11 is 6.38. The standard InChI is InChI=1S/C29H22N4OS4/c30-20-11-13-22-24(15-20)36-28(32-22)35-17-26(34)31-21-12-14-23-25(16-21)37-29(33-23)38-27(18-7-3-1-4-8-18)19-9-5-2-6-10-19/h1-16,27H,17,30H2,(H,31,34). The van der Waals surface area contributed by atoms with Gasteiger partial charge in [-0.05, 0) is 47.5 Å². The SMILES string of the molecule is Nc1ccc2nc(SCC(=O)Nc3ccc4nc(SC(c5ccccc5)c5ccccc5)sc4c3)sc2c1. The van der Waals surface area contributed by atoms with E-state index >= 15 is 0 Å². The van der Waals surface area contributed by atoms with Crippen LogP contribution < -0.4 is 11.1 Å².